The fourth-order valence-corrected chi connectivity index (χ4v) is 1.51. The van der Waals surface area contributed by atoms with Crippen molar-refractivity contribution in [1.82, 2.24) is 4.90 Å². The molecule has 1 amide bonds. The van der Waals surface area contributed by atoms with E-state index in [1.165, 1.54) is 17.0 Å². The van der Waals surface area contributed by atoms with E-state index < -0.39 is 24.3 Å². The van der Waals surface area contributed by atoms with E-state index >= 15 is 0 Å². The molecule has 1 aromatic rings. The molecule has 0 aliphatic heterocycles. The Labute approximate surface area is 105 Å². The van der Waals surface area contributed by atoms with Crippen molar-refractivity contribution < 1.29 is 19.8 Å². The summed E-state index contributed by atoms with van der Waals surface area (Å²) in [5.74, 6) is -1.38. The molecule has 0 fully saturated rings. The zero-order chi connectivity index (χ0) is 13.7. The molecule has 98 valence electrons. The van der Waals surface area contributed by atoms with Crippen molar-refractivity contribution in [2.75, 3.05) is 7.05 Å². The summed E-state index contributed by atoms with van der Waals surface area (Å²) in [7, 11) is 1.55. The van der Waals surface area contributed by atoms with Crippen LogP contribution in [0.15, 0.2) is 24.3 Å². The van der Waals surface area contributed by atoms with Crippen LogP contribution in [-0.4, -0.2) is 40.1 Å². The van der Waals surface area contributed by atoms with Gasteiger partial charge in [-0.1, -0.05) is 12.1 Å². The van der Waals surface area contributed by atoms with E-state index in [0.29, 0.717) is 6.54 Å². The minimum atomic E-state index is -1.10. The van der Waals surface area contributed by atoms with Gasteiger partial charge in [0.2, 0.25) is 5.91 Å². The second kappa shape index (κ2) is 6.02. The van der Waals surface area contributed by atoms with Crippen LogP contribution in [0.1, 0.15) is 12.0 Å². The fourth-order valence-electron chi connectivity index (χ4n) is 1.51. The molecule has 1 rings (SSSR count). The number of phenols is 1. The lowest BCUT2D eigenvalue weighted by Gasteiger charge is -2.20. The van der Waals surface area contributed by atoms with Crippen molar-refractivity contribution in [3.63, 3.8) is 0 Å². The zero-order valence-corrected chi connectivity index (χ0v) is 10.0. The molecule has 0 aliphatic carbocycles. The first-order valence-corrected chi connectivity index (χ1v) is 5.40. The Morgan fingerprint density at radius 3 is 2.39 bits per heavy atom. The third kappa shape index (κ3) is 4.06. The number of amides is 1. The summed E-state index contributed by atoms with van der Waals surface area (Å²) in [6, 6.07) is 5.36. The Hall–Kier alpha value is -2.08. The summed E-state index contributed by atoms with van der Waals surface area (Å²) in [6.07, 6.45) is -0.390. The topological polar surface area (TPSA) is 104 Å². The number of nitrogens with zero attached hydrogens (tertiary/aromatic N) is 1. The Balaban J connectivity index is 2.59. The van der Waals surface area contributed by atoms with Crippen molar-refractivity contribution in [2.45, 2.75) is 19.0 Å². The summed E-state index contributed by atoms with van der Waals surface area (Å²) in [5, 5.41) is 17.7. The molecule has 1 unspecified atom stereocenters. The van der Waals surface area contributed by atoms with E-state index in [2.05, 4.69) is 0 Å². The van der Waals surface area contributed by atoms with E-state index in [9.17, 15) is 9.59 Å². The number of nitrogens with two attached hydrogens (primary N) is 1. The maximum absolute atomic E-state index is 11.7. The van der Waals surface area contributed by atoms with E-state index in [-0.39, 0.29) is 5.75 Å². The largest absolute Gasteiger partial charge is 0.508 e. The quantitative estimate of drug-likeness (QED) is 0.692. The first-order valence-electron chi connectivity index (χ1n) is 5.40. The number of rotatable bonds is 5. The van der Waals surface area contributed by atoms with Crippen molar-refractivity contribution >= 4 is 11.9 Å². The van der Waals surface area contributed by atoms with Crippen molar-refractivity contribution in [1.29, 1.82) is 0 Å². The van der Waals surface area contributed by atoms with Crippen LogP contribution in [0, 0.1) is 0 Å². The van der Waals surface area contributed by atoms with Gasteiger partial charge in [0.25, 0.3) is 0 Å². The number of hydrogen-bond donors (Lipinski definition) is 3. The lowest BCUT2D eigenvalue weighted by molar-refractivity contribution is -0.141. The monoisotopic (exact) mass is 252 g/mol. The van der Waals surface area contributed by atoms with Gasteiger partial charge in [-0.2, -0.15) is 0 Å². The summed E-state index contributed by atoms with van der Waals surface area (Å²) in [5.41, 5.74) is 6.31. The molecule has 0 bridgehead atoms. The van der Waals surface area contributed by atoms with Crippen LogP contribution in [0.2, 0.25) is 0 Å². The molecule has 0 aliphatic rings. The first kappa shape index (κ1) is 14.0. The molecular formula is C12H16N2O4. The van der Waals surface area contributed by atoms with Crippen LogP contribution in [0.25, 0.3) is 0 Å². The van der Waals surface area contributed by atoms with E-state index in [1.54, 1.807) is 19.2 Å². The number of likely N-dealkylation sites (N-methyl/N-ethyl adjacent to an activating group) is 1. The first-order chi connectivity index (χ1) is 8.40. The normalized spacial score (nSPS) is 11.9. The molecule has 1 atom stereocenters. The van der Waals surface area contributed by atoms with Crippen molar-refractivity contribution in [3.05, 3.63) is 29.8 Å². The molecule has 0 spiro atoms. The van der Waals surface area contributed by atoms with Gasteiger partial charge in [-0.05, 0) is 17.7 Å². The van der Waals surface area contributed by atoms with Gasteiger partial charge < -0.3 is 20.8 Å². The average Bonchev–Trinajstić information content (AvgIpc) is 2.30. The molecule has 18 heavy (non-hydrogen) atoms. The number of carboxylic acid groups (broad SMARTS) is 1. The van der Waals surface area contributed by atoms with Crippen LogP contribution in [-0.2, 0) is 16.1 Å². The molecule has 6 nitrogen and oxygen atoms in total. The SMILES string of the molecule is CN(Cc1ccc(O)cc1)C(=O)C(N)CC(=O)O. The minimum Gasteiger partial charge on any atom is -0.508 e. The van der Waals surface area contributed by atoms with Gasteiger partial charge in [0, 0.05) is 13.6 Å². The highest BCUT2D eigenvalue weighted by molar-refractivity contribution is 5.85. The Morgan fingerprint density at radius 2 is 1.89 bits per heavy atom. The minimum absolute atomic E-state index is 0.148. The zero-order valence-electron chi connectivity index (χ0n) is 10.0. The van der Waals surface area contributed by atoms with Gasteiger partial charge in [-0.15, -0.1) is 0 Å². The second-order valence-corrected chi connectivity index (χ2v) is 4.07. The maximum Gasteiger partial charge on any atom is 0.305 e. The lowest BCUT2D eigenvalue weighted by atomic mass is 10.1. The summed E-state index contributed by atoms with van der Waals surface area (Å²) >= 11 is 0. The van der Waals surface area contributed by atoms with Gasteiger partial charge >= 0.3 is 5.97 Å². The van der Waals surface area contributed by atoms with E-state index in [1.807, 2.05) is 0 Å². The summed E-state index contributed by atoms with van der Waals surface area (Å²) in [4.78, 5) is 23.6. The highest BCUT2D eigenvalue weighted by Gasteiger charge is 2.20. The standard InChI is InChI=1S/C12H16N2O4/c1-14(12(18)10(13)6-11(16)17)7-8-2-4-9(15)5-3-8/h2-5,10,15H,6-7,13H2,1H3,(H,16,17). The Bertz CT molecular complexity index is 430. The van der Waals surface area contributed by atoms with Crippen LogP contribution < -0.4 is 5.73 Å². The second-order valence-electron chi connectivity index (χ2n) is 4.07. The molecule has 6 heteroatoms. The Kier molecular flexibility index (Phi) is 4.67. The number of carbonyl (C=O) groups is 2. The van der Waals surface area contributed by atoms with E-state index in [4.69, 9.17) is 15.9 Å². The van der Waals surface area contributed by atoms with Crippen molar-refractivity contribution in [3.8, 4) is 5.75 Å². The van der Waals surface area contributed by atoms with E-state index in [0.717, 1.165) is 5.56 Å². The number of hydrogen-bond acceptors (Lipinski definition) is 4. The molecular weight excluding hydrogens is 236 g/mol. The van der Waals surface area contributed by atoms with Crippen LogP contribution in [0.3, 0.4) is 0 Å². The number of aromatic hydroxyl groups is 1. The number of aliphatic carboxylic acids is 1. The molecule has 1 aromatic carbocycles. The summed E-state index contributed by atoms with van der Waals surface area (Å²) in [6.45, 7) is 0.312. The Morgan fingerprint density at radius 1 is 1.33 bits per heavy atom. The number of benzene rings is 1. The highest BCUT2D eigenvalue weighted by Crippen LogP contribution is 2.11. The predicted molar refractivity (Wildman–Crippen MR) is 64.8 cm³/mol. The van der Waals surface area contributed by atoms with Gasteiger partial charge in [-0.25, -0.2) is 0 Å². The highest BCUT2D eigenvalue weighted by atomic mass is 16.4. The molecule has 4 N–H and O–H groups in total. The predicted octanol–water partition coefficient (Wildman–Crippen LogP) is 0.153. The fraction of sp³-hybridized carbons (Fsp3) is 0.333. The molecule has 0 saturated carbocycles. The van der Waals surface area contributed by atoms with Crippen LogP contribution >= 0.6 is 0 Å². The molecule has 0 aromatic heterocycles. The number of carbonyl (C=O) groups excluding carboxylic acids is 1. The maximum atomic E-state index is 11.7. The summed E-state index contributed by atoms with van der Waals surface area (Å²) < 4.78 is 0. The molecule has 0 saturated heterocycles. The number of carboxylic acids is 1. The third-order valence-electron chi connectivity index (χ3n) is 2.44. The smallest absolute Gasteiger partial charge is 0.305 e. The molecule has 0 radical (unpaired) electrons. The van der Waals surface area contributed by atoms with Crippen molar-refractivity contribution in [2.24, 2.45) is 5.73 Å². The van der Waals surface area contributed by atoms with Gasteiger partial charge in [0.1, 0.15) is 5.75 Å². The van der Waals surface area contributed by atoms with Crippen LogP contribution in [0.4, 0.5) is 0 Å². The third-order valence-corrected chi connectivity index (χ3v) is 2.44. The van der Waals surface area contributed by atoms with Crippen LogP contribution in [0.5, 0.6) is 5.75 Å². The number of phenolic OH excluding ortho intramolecular Hbond substituents is 1. The van der Waals surface area contributed by atoms with Gasteiger partial charge in [0.05, 0.1) is 12.5 Å². The van der Waals surface area contributed by atoms with Gasteiger partial charge in [-0.3, -0.25) is 9.59 Å². The lowest BCUT2D eigenvalue weighted by Crippen LogP contribution is -2.42. The average molecular weight is 252 g/mol. The molecule has 0 heterocycles. The van der Waals surface area contributed by atoms with Gasteiger partial charge in [0.15, 0.2) is 0 Å².